The molecule has 0 unspecified atom stereocenters. The highest BCUT2D eigenvalue weighted by atomic mass is 32.2. The maximum absolute atomic E-state index is 12.6. The van der Waals surface area contributed by atoms with E-state index in [-0.39, 0.29) is 11.7 Å². The van der Waals surface area contributed by atoms with Crippen molar-refractivity contribution in [2.45, 2.75) is 12.5 Å². The van der Waals surface area contributed by atoms with Crippen LogP contribution in [0.5, 0.6) is 11.5 Å². The maximum atomic E-state index is 12.6. The van der Waals surface area contributed by atoms with Gasteiger partial charge in [-0.1, -0.05) is 0 Å². The Morgan fingerprint density at radius 3 is 2.58 bits per heavy atom. The van der Waals surface area contributed by atoms with Crippen molar-refractivity contribution in [1.82, 2.24) is 5.32 Å². The lowest BCUT2D eigenvalue weighted by molar-refractivity contribution is -0.118. The van der Waals surface area contributed by atoms with Gasteiger partial charge in [-0.3, -0.25) is 9.59 Å². The van der Waals surface area contributed by atoms with Crippen molar-refractivity contribution in [2.24, 2.45) is 0 Å². The third kappa shape index (κ3) is 5.19. The number of carbonyl (C=O) groups excluding carboxylic acids is 2. The highest BCUT2D eigenvalue weighted by Gasteiger charge is 2.22. The van der Waals surface area contributed by atoms with E-state index in [1.165, 1.54) is 13.4 Å². The van der Waals surface area contributed by atoms with Crippen molar-refractivity contribution in [3.05, 3.63) is 42.4 Å². The van der Waals surface area contributed by atoms with E-state index in [2.05, 4.69) is 10.6 Å². The van der Waals surface area contributed by atoms with E-state index in [0.717, 1.165) is 5.75 Å². The summed E-state index contributed by atoms with van der Waals surface area (Å²) in [5.74, 6) is 1.22. The van der Waals surface area contributed by atoms with Gasteiger partial charge in [-0.05, 0) is 42.7 Å². The normalized spacial score (nSPS) is 11.5. The largest absolute Gasteiger partial charge is 0.493 e. The van der Waals surface area contributed by atoms with E-state index < -0.39 is 11.9 Å². The van der Waals surface area contributed by atoms with Gasteiger partial charge in [0.15, 0.2) is 17.3 Å². The molecule has 0 aliphatic carbocycles. The number of anilines is 1. The Morgan fingerprint density at radius 2 is 1.96 bits per heavy atom. The number of thioether (sulfide) groups is 1. The second-order valence-electron chi connectivity index (χ2n) is 5.34. The predicted octanol–water partition coefficient (Wildman–Crippen LogP) is 2.79. The molecule has 26 heavy (non-hydrogen) atoms. The van der Waals surface area contributed by atoms with Gasteiger partial charge in [0.1, 0.15) is 6.04 Å². The van der Waals surface area contributed by atoms with Gasteiger partial charge >= 0.3 is 0 Å². The van der Waals surface area contributed by atoms with Crippen LogP contribution in [0.4, 0.5) is 5.69 Å². The topological polar surface area (TPSA) is 89.8 Å². The minimum Gasteiger partial charge on any atom is -0.493 e. The molecule has 8 heteroatoms. The van der Waals surface area contributed by atoms with Crippen LogP contribution in [0.25, 0.3) is 0 Å². The molecule has 0 saturated heterocycles. The Balaban J connectivity index is 2.09. The summed E-state index contributed by atoms with van der Waals surface area (Å²) in [6, 6.07) is 7.55. The first kappa shape index (κ1) is 19.7. The fourth-order valence-corrected chi connectivity index (χ4v) is 2.76. The highest BCUT2D eigenvalue weighted by molar-refractivity contribution is 7.98. The van der Waals surface area contributed by atoms with Crippen molar-refractivity contribution < 1.29 is 23.5 Å². The van der Waals surface area contributed by atoms with Gasteiger partial charge < -0.3 is 24.5 Å². The number of benzene rings is 1. The summed E-state index contributed by atoms with van der Waals surface area (Å²) >= 11 is 1.60. The van der Waals surface area contributed by atoms with Crippen LogP contribution in [0, 0.1) is 0 Å². The molecule has 0 saturated carbocycles. The molecule has 2 amide bonds. The lowest BCUT2D eigenvalue weighted by atomic mass is 10.2. The van der Waals surface area contributed by atoms with E-state index >= 15 is 0 Å². The molecule has 7 nitrogen and oxygen atoms in total. The van der Waals surface area contributed by atoms with Gasteiger partial charge in [-0.25, -0.2) is 0 Å². The van der Waals surface area contributed by atoms with Gasteiger partial charge in [-0.2, -0.15) is 11.8 Å². The average molecular weight is 378 g/mol. The molecular weight excluding hydrogens is 356 g/mol. The zero-order valence-electron chi connectivity index (χ0n) is 14.9. The first-order chi connectivity index (χ1) is 12.6. The molecule has 1 heterocycles. The summed E-state index contributed by atoms with van der Waals surface area (Å²) in [4.78, 5) is 24.8. The molecule has 0 bridgehead atoms. The SMILES string of the molecule is COc1ccc(NC(=O)[C@H](CCSC)NC(=O)c2ccco2)cc1OC. The number of furan rings is 1. The second-order valence-corrected chi connectivity index (χ2v) is 6.33. The molecule has 2 rings (SSSR count). The first-order valence-corrected chi connectivity index (χ1v) is 9.34. The van der Waals surface area contributed by atoms with Crippen LogP contribution < -0.4 is 20.1 Å². The molecule has 1 atom stereocenters. The molecule has 1 aromatic heterocycles. The van der Waals surface area contributed by atoms with E-state index in [1.54, 1.807) is 49.2 Å². The average Bonchev–Trinajstić information content (AvgIpc) is 3.19. The number of ether oxygens (including phenoxy) is 2. The zero-order valence-corrected chi connectivity index (χ0v) is 15.7. The van der Waals surface area contributed by atoms with Crippen molar-refractivity contribution in [3.8, 4) is 11.5 Å². The molecule has 0 aliphatic heterocycles. The van der Waals surface area contributed by atoms with Gasteiger partial charge in [0.2, 0.25) is 5.91 Å². The van der Waals surface area contributed by atoms with Crippen LogP contribution in [0.3, 0.4) is 0 Å². The monoisotopic (exact) mass is 378 g/mol. The minimum absolute atomic E-state index is 0.165. The summed E-state index contributed by atoms with van der Waals surface area (Å²) in [6.45, 7) is 0. The van der Waals surface area contributed by atoms with Crippen LogP contribution in [0.2, 0.25) is 0 Å². The molecule has 1 aromatic carbocycles. The number of rotatable bonds is 9. The Kier molecular flexibility index (Phi) is 7.40. The standard InChI is InChI=1S/C18H22N2O5S/c1-23-14-7-6-12(11-16(14)24-2)19-17(21)13(8-10-26-3)20-18(22)15-5-4-9-25-15/h4-7,9,11,13H,8,10H2,1-3H3,(H,19,21)(H,20,22)/t13-/m0/s1. The van der Waals surface area contributed by atoms with E-state index in [0.29, 0.717) is 23.6 Å². The fourth-order valence-electron chi connectivity index (χ4n) is 2.28. The maximum Gasteiger partial charge on any atom is 0.287 e. The Morgan fingerprint density at radius 1 is 1.19 bits per heavy atom. The van der Waals surface area contributed by atoms with Crippen molar-refractivity contribution in [3.63, 3.8) is 0 Å². The van der Waals surface area contributed by atoms with Crippen LogP contribution in [-0.2, 0) is 4.79 Å². The van der Waals surface area contributed by atoms with Crippen molar-refractivity contribution in [1.29, 1.82) is 0 Å². The summed E-state index contributed by atoms with van der Waals surface area (Å²) in [5, 5.41) is 5.51. The molecular formula is C18H22N2O5S. The van der Waals surface area contributed by atoms with Crippen LogP contribution in [0.1, 0.15) is 17.0 Å². The third-order valence-electron chi connectivity index (χ3n) is 3.63. The molecule has 2 N–H and O–H groups in total. The lowest BCUT2D eigenvalue weighted by Gasteiger charge is -2.18. The summed E-state index contributed by atoms with van der Waals surface area (Å²) in [5.41, 5.74) is 0.550. The second kappa shape index (κ2) is 9.76. The molecule has 0 aliphatic rings. The minimum atomic E-state index is -0.687. The molecule has 0 fully saturated rings. The van der Waals surface area contributed by atoms with Crippen molar-refractivity contribution in [2.75, 3.05) is 31.5 Å². The molecule has 0 spiro atoms. The van der Waals surface area contributed by atoms with E-state index in [9.17, 15) is 9.59 Å². The zero-order chi connectivity index (χ0) is 18.9. The van der Waals surface area contributed by atoms with Gasteiger partial charge in [-0.15, -0.1) is 0 Å². The number of hydrogen-bond acceptors (Lipinski definition) is 6. The van der Waals surface area contributed by atoms with Crippen molar-refractivity contribution >= 4 is 29.3 Å². The Labute approximate surface area is 156 Å². The predicted molar refractivity (Wildman–Crippen MR) is 101 cm³/mol. The lowest BCUT2D eigenvalue weighted by Crippen LogP contribution is -2.44. The third-order valence-corrected chi connectivity index (χ3v) is 4.27. The van der Waals surface area contributed by atoms with E-state index in [4.69, 9.17) is 13.9 Å². The fraction of sp³-hybridized carbons (Fsp3) is 0.333. The number of methoxy groups -OCH3 is 2. The highest BCUT2D eigenvalue weighted by Crippen LogP contribution is 2.29. The smallest absolute Gasteiger partial charge is 0.287 e. The summed E-state index contributed by atoms with van der Waals surface area (Å²) in [7, 11) is 3.06. The van der Waals surface area contributed by atoms with Crippen LogP contribution >= 0.6 is 11.8 Å². The molecule has 140 valence electrons. The number of hydrogen-bond donors (Lipinski definition) is 2. The first-order valence-electron chi connectivity index (χ1n) is 7.95. The van der Waals surface area contributed by atoms with Gasteiger partial charge in [0.05, 0.1) is 20.5 Å². The Bertz CT molecular complexity index is 733. The van der Waals surface area contributed by atoms with Gasteiger partial charge in [0.25, 0.3) is 5.91 Å². The quantitative estimate of drug-likeness (QED) is 0.697. The number of carbonyl (C=O) groups is 2. The molecule has 0 radical (unpaired) electrons. The summed E-state index contributed by atoms with van der Waals surface area (Å²) < 4.78 is 15.5. The van der Waals surface area contributed by atoms with Crippen LogP contribution in [0.15, 0.2) is 41.0 Å². The number of nitrogens with one attached hydrogen (secondary N) is 2. The van der Waals surface area contributed by atoms with E-state index in [1.807, 2.05) is 6.26 Å². The van der Waals surface area contributed by atoms with Gasteiger partial charge in [0, 0.05) is 11.8 Å². The number of amides is 2. The molecule has 2 aromatic rings. The van der Waals surface area contributed by atoms with Crippen LogP contribution in [-0.4, -0.2) is 44.1 Å². The summed E-state index contributed by atoms with van der Waals surface area (Å²) in [6.07, 6.45) is 3.85. The Hall–Kier alpha value is -2.61.